The van der Waals surface area contributed by atoms with Gasteiger partial charge in [-0.05, 0) is 30.2 Å². The molecule has 0 aromatic heterocycles. The zero-order valence-electron chi connectivity index (χ0n) is 8.86. The highest BCUT2D eigenvalue weighted by Gasteiger charge is 2.04. The summed E-state index contributed by atoms with van der Waals surface area (Å²) in [5.74, 6) is -0.342. The lowest BCUT2D eigenvalue weighted by Gasteiger charge is -2.03. The first-order valence-electron chi connectivity index (χ1n) is 4.65. The molecule has 0 saturated heterocycles. The number of esters is 1. The van der Waals surface area contributed by atoms with Gasteiger partial charge in [-0.3, -0.25) is 0 Å². The number of hydrogen-bond donors (Lipinski definition) is 1. The smallest absolute Gasteiger partial charge is 0.337 e. The van der Waals surface area contributed by atoms with Crippen LogP contribution in [0.3, 0.4) is 0 Å². The molecule has 0 saturated carbocycles. The molecule has 3 nitrogen and oxygen atoms in total. The van der Waals surface area contributed by atoms with Crippen LogP contribution < -0.4 is 0 Å². The zero-order chi connectivity index (χ0) is 11.3. The first-order chi connectivity index (χ1) is 7.19. The minimum atomic E-state index is -0.342. The second-order valence-corrected chi connectivity index (χ2v) is 3.14. The van der Waals surface area contributed by atoms with Crippen molar-refractivity contribution in [2.75, 3.05) is 13.7 Å². The van der Waals surface area contributed by atoms with E-state index >= 15 is 0 Å². The van der Waals surface area contributed by atoms with Gasteiger partial charge in [-0.15, -0.1) is 0 Å². The Morgan fingerprint density at radius 2 is 1.87 bits per heavy atom. The average Bonchev–Trinajstić information content (AvgIpc) is 2.28. The van der Waals surface area contributed by atoms with Crippen LogP contribution in [-0.2, 0) is 4.74 Å². The predicted molar refractivity (Wildman–Crippen MR) is 58.5 cm³/mol. The van der Waals surface area contributed by atoms with Gasteiger partial charge in [-0.25, -0.2) is 4.79 Å². The van der Waals surface area contributed by atoms with Gasteiger partial charge in [0.2, 0.25) is 0 Å². The SMILES string of the molecule is COC(=O)c1ccc(/C(C)=C/CO)cc1. The van der Waals surface area contributed by atoms with Gasteiger partial charge in [0, 0.05) is 0 Å². The Morgan fingerprint density at radius 3 is 2.33 bits per heavy atom. The summed E-state index contributed by atoms with van der Waals surface area (Å²) in [6.45, 7) is 1.92. The topological polar surface area (TPSA) is 46.5 Å². The quantitative estimate of drug-likeness (QED) is 0.768. The third-order valence-electron chi connectivity index (χ3n) is 2.16. The molecular formula is C12H14O3. The number of aliphatic hydroxyl groups is 1. The molecule has 80 valence electrons. The van der Waals surface area contributed by atoms with Crippen molar-refractivity contribution in [3.05, 3.63) is 41.5 Å². The normalized spacial score (nSPS) is 11.3. The van der Waals surface area contributed by atoms with E-state index in [1.165, 1.54) is 7.11 Å². The highest BCUT2D eigenvalue weighted by Crippen LogP contribution is 2.14. The second-order valence-electron chi connectivity index (χ2n) is 3.14. The van der Waals surface area contributed by atoms with Gasteiger partial charge >= 0.3 is 5.97 Å². The summed E-state index contributed by atoms with van der Waals surface area (Å²) in [4.78, 5) is 11.1. The monoisotopic (exact) mass is 206 g/mol. The van der Waals surface area contributed by atoms with E-state index in [1.54, 1.807) is 18.2 Å². The first-order valence-corrected chi connectivity index (χ1v) is 4.65. The van der Waals surface area contributed by atoms with Gasteiger partial charge in [0.1, 0.15) is 0 Å². The molecule has 0 aliphatic heterocycles. The summed E-state index contributed by atoms with van der Waals surface area (Å²) in [6, 6.07) is 7.06. The van der Waals surface area contributed by atoms with Gasteiger partial charge in [-0.2, -0.15) is 0 Å². The minimum absolute atomic E-state index is 0.0184. The Bertz CT molecular complexity index is 363. The molecule has 3 heteroatoms. The van der Waals surface area contributed by atoms with Crippen LogP contribution in [-0.4, -0.2) is 24.8 Å². The van der Waals surface area contributed by atoms with Crippen molar-refractivity contribution in [1.82, 2.24) is 0 Å². The maximum Gasteiger partial charge on any atom is 0.337 e. The lowest BCUT2D eigenvalue weighted by molar-refractivity contribution is 0.0600. The third-order valence-corrected chi connectivity index (χ3v) is 2.16. The van der Waals surface area contributed by atoms with Crippen LogP contribution in [0.2, 0.25) is 0 Å². The first kappa shape index (κ1) is 11.5. The van der Waals surface area contributed by atoms with Crippen LogP contribution in [0.25, 0.3) is 5.57 Å². The van der Waals surface area contributed by atoms with Gasteiger partial charge in [0.15, 0.2) is 0 Å². The average molecular weight is 206 g/mol. The largest absolute Gasteiger partial charge is 0.465 e. The van der Waals surface area contributed by atoms with Crippen molar-refractivity contribution >= 4 is 11.5 Å². The van der Waals surface area contributed by atoms with Gasteiger partial charge in [0.05, 0.1) is 19.3 Å². The molecule has 0 bridgehead atoms. The van der Waals surface area contributed by atoms with Crippen LogP contribution in [0.15, 0.2) is 30.3 Å². The summed E-state index contributed by atoms with van der Waals surface area (Å²) < 4.78 is 4.59. The van der Waals surface area contributed by atoms with Crippen molar-refractivity contribution in [2.24, 2.45) is 0 Å². The molecule has 15 heavy (non-hydrogen) atoms. The minimum Gasteiger partial charge on any atom is -0.465 e. The molecule has 0 aliphatic carbocycles. The van der Waals surface area contributed by atoms with Gasteiger partial charge < -0.3 is 9.84 Å². The number of aliphatic hydroxyl groups excluding tert-OH is 1. The van der Waals surface area contributed by atoms with Crippen molar-refractivity contribution in [3.8, 4) is 0 Å². The number of methoxy groups -OCH3 is 1. The molecule has 0 unspecified atom stereocenters. The lowest BCUT2D eigenvalue weighted by Crippen LogP contribution is -2.00. The standard InChI is InChI=1S/C12H14O3/c1-9(7-8-13)10-3-5-11(6-4-10)12(14)15-2/h3-7,13H,8H2,1-2H3/b9-7+. The van der Waals surface area contributed by atoms with E-state index in [0.717, 1.165) is 11.1 Å². The number of rotatable bonds is 3. The second kappa shape index (κ2) is 5.32. The number of hydrogen-bond acceptors (Lipinski definition) is 3. The molecular weight excluding hydrogens is 192 g/mol. The fourth-order valence-electron chi connectivity index (χ4n) is 1.24. The molecule has 0 aliphatic rings. The molecule has 0 heterocycles. The molecule has 0 amide bonds. The Labute approximate surface area is 89.0 Å². The van der Waals surface area contributed by atoms with Gasteiger partial charge in [-0.1, -0.05) is 18.2 Å². The number of carbonyl (C=O) groups is 1. The molecule has 1 aromatic rings. The Hall–Kier alpha value is -1.61. The zero-order valence-corrected chi connectivity index (χ0v) is 8.86. The number of allylic oxidation sites excluding steroid dienone is 1. The van der Waals surface area contributed by atoms with E-state index in [4.69, 9.17) is 5.11 Å². The summed E-state index contributed by atoms with van der Waals surface area (Å²) in [5, 5.41) is 8.73. The van der Waals surface area contributed by atoms with E-state index in [-0.39, 0.29) is 12.6 Å². The van der Waals surface area contributed by atoms with Crippen LogP contribution in [0.4, 0.5) is 0 Å². The van der Waals surface area contributed by atoms with Crippen molar-refractivity contribution < 1.29 is 14.6 Å². The predicted octanol–water partition coefficient (Wildman–Crippen LogP) is 1.87. The summed E-state index contributed by atoms with van der Waals surface area (Å²) in [6.07, 6.45) is 1.72. The maximum atomic E-state index is 11.1. The van der Waals surface area contributed by atoms with Crippen molar-refractivity contribution in [2.45, 2.75) is 6.92 Å². The Morgan fingerprint density at radius 1 is 1.33 bits per heavy atom. The summed E-state index contributed by atoms with van der Waals surface area (Å²) >= 11 is 0. The van der Waals surface area contributed by atoms with E-state index in [0.29, 0.717) is 5.56 Å². The highest BCUT2D eigenvalue weighted by atomic mass is 16.5. The molecule has 1 rings (SSSR count). The van der Waals surface area contributed by atoms with Crippen molar-refractivity contribution in [3.63, 3.8) is 0 Å². The molecule has 0 fully saturated rings. The number of benzene rings is 1. The Balaban J connectivity index is 2.90. The molecule has 0 radical (unpaired) electrons. The van der Waals surface area contributed by atoms with E-state index in [1.807, 2.05) is 19.1 Å². The number of ether oxygens (including phenoxy) is 1. The van der Waals surface area contributed by atoms with E-state index < -0.39 is 0 Å². The molecule has 0 spiro atoms. The fourth-order valence-corrected chi connectivity index (χ4v) is 1.24. The van der Waals surface area contributed by atoms with Gasteiger partial charge in [0.25, 0.3) is 0 Å². The van der Waals surface area contributed by atoms with Crippen molar-refractivity contribution in [1.29, 1.82) is 0 Å². The fraction of sp³-hybridized carbons (Fsp3) is 0.250. The lowest BCUT2D eigenvalue weighted by atomic mass is 10.1. The highest BCUT2D eigenvalue weighted by molar-refractivity contribution is 5.89. The molecule has 1 aromatic carbocycles. The number of carbonyl (C=O) groups excluding carboxylic acids is 1. The van der Waals surface area contributed by atoms with Crippen LogP contribution in [0, 0.1) is 0 Å². The maximum absolute atomic E-state index is 11.1. The van der Waals surface area contributed by atoms with Crippen LogP contribution >= 0.6 is 0 Å². The molecule has 1 N–H and O–H groups in total. The van der Waals surface area contributed by atoms with E-state index in [9.17, 15) is 4.79 Å². The third kappa shape index (κ3) is 2.92. The summed E-state index contributed by atoms with van der Waals surface area (Å²) in [5.41, 5.74) is 2.49. The summed E-state index contributed by atoms with van der Waals surface area (Å²) in [7, 11) is 1.35. The Kier molecular flexibility index (Phi) is 4.06. The van der Waals surface area contributed by atoms with Crippen LogP contribution in [0.1, 0.15) is 22.8 Å². The van der Waals surface area contributed by atoms with Crippen LogP contribution in [0.5, 0.6) is 0 Å². The molecule has 0 atom stereocenters. The van der Waals surface area contributed by atoms with E-state index in [2.05, 4.69) is 4.74 Å².